The summed E-state index contributed by atoms with van der Waals surface area (Å²) in [7, 11) is 0. The van der Waals surface area contributed by atoms with E-state index in [1.165, 1.54) is 0 Å². The number of halogens is 1. The van der Waals surface area contributed by atoms with Crippen LogP contribution in [-0.4, -0.2) is 23.3 Å². The first kappa shape index (κ1) is 19.9. The Labute approximate surface area is 173 Å². The third kappa shape index (κ3) is 4.70. The lowest BCUT2D eigenvalue weighted by Crippen LogP contribution is -2.24. The number of carbonyl (C=O) groups excluding carboxylic acids is 1. The first-order valence-electron chi connectivity index (χ1n) is 8.91. The topological polar surface area (TPSA) is 55.6 Å². The van der Waals surface area contributed by atoms with E-state index in [-0.39, 0.29) is 12.5 Å². The van der Waals surface area contributed by atoms with Gasteiger partial charge in [0.15, 0.2) is 6.61 Å². The molecule has 5 nitrogen and oxygen atoms in total. The molecule has 0 aliphatic heterocycles. The van der Waals surface area contributed by atoms with Gasteiger partial charge in [-0.1, -0.05) is 40.2 Å². The second kappa shape index (κ2) is 8.89. The van der Waals surface area contributed by atoms with Crippen molar-refractivity contribution in [3.05, 3.63) is 81.6 Å². The van der Waals surface area contributed by atoms with E-state index < -0.39 is 0 Å². The Morgan fingerprint density at radius 3 is 2.68 bits per heavy atom. The summed E-state index contributed by atoms with van der Waals surface area (Å²) in [6.07, 6.45) is 1.66. The lowest BCUT2D eigenvalue weighted by molar-refractivity contribution is -0.123. The minimum atomic E-state index is -0.305. The quantitative estimate of drug-likeness (QED) is 0.447. The Morgan fingerprint density at radius 2 is 1.93 bits per heavy atom. The zero-order valence-electron chi connectivity index (χ0n) is 16.1. The van der Waals surface area contributed by atoms with E-state index in [2.05, 4.69) is 43.2 Å². The molecule has 144 valence electrons. The largest absolute Gasteiger partial charge is 0.483 e. The number of ether oxygens (including phenoxy) is 1. The molecule has 1 heterocycles. The summed E-state index contributed by atoms with van der Waals surface area (Å²) in [6, 6.07) is 17.7. The average Bonchev–Trinajstić information content (AvgIpc) is 2.94. The van der Waals surface area contributed by atoms with Crippen molar-refractivity contribution in [1.29, 1.82) is 0 Å². The van der Waals surface area contributed by atoms with Crippen LogP contribution in [0.15, 0.2) is 64.2 Å². The average molecular weight is 440 g/mol. The number of benzene rings is 2. The molecule has 0 aliphatic rings. The first-order chi connectivity index (χ1) is 13.5. The van der Waals surface area contributed by atoms with Gasteiger partial charge in [-0.25, -0.2) is 5.43 Å². The van der Waals surface area contributed by atoms with Crippen molar-refractivity contribution in [2.45, 2.75) is 20.8 Å². The van der Waals surface area contributed by atoms with E-state index in [1.807, 2.05) is 63.2 Å². The van der Waals surface area contributed by atoms with Crippen molar-refractivity contribution >= 4 is 28.1 Å². The highest BCUT2D eigenvalue weighted by molar-refractivity contribution is 9.10. The van der Waals surface area contributed by atoms with Crippen LogP contribution in [0.4, 0.5) is 0 Å². The summed E-state index contributed by atoms with van der Waals surface area (Å²) in [6.45, 7) is 5.92. The first-order valence-corrected chi connectivity index (χ1v) is 9.70. The number of amides is 1. The Morgan fingerprint density at radius 1 is 1.14 bits per heavy atom. The number of nitrogens with one attached hydrogen (secondary N) is 1. The molecule has 0 atom stereocenters. The number of rotatable bonds is 6. The van der Waals surface area contributed by atoms with Crippen LogP contribution in [0.5, 0.6) is 5.75 Å². The lowest BCUT2D eigenvalue weighted by atomic mass is 10.2. The Hall–Kier alpha value is -2.86. The van der Waals surface area contributed by atoms with Gasteiger partial charge in [0.1, 0.15) is 5.75 Å². The van der Waals surface area contributed by atoms with Crippen LogP contribution in [0.3, 0.4) is 0 Å². The van der Waals surface area contributed by atoms with E-state index in [1.54, 1.807) is 6.21 Å². The van der Waals surface area contributed by atoms with Gasteiger partial charge in [-0.2, -0.15) is 5.10 Å². The van der Waals surface area contributed by atoms with Crippen LogP contribution < -0.4 is 10.2 Å². The van der Waals surface area contributed by atoms with Gasteiger partial charge >= 0.3 is 0 Å². The van der Waals surface area contributed by atoms with E-state index >= 15 is 0 Å². The maximum Gasteiger partial charge on any atom is 0.277 e. The summed E-state index contributed by atoms with van der Waals surface area (Å²) in [5.74, 6) is 0.388. The van der Waals surface area contributed by atoms with Crippen LogP contribution in [0.2, 0.25) is 0 Å². The molecule has 0 fully saturated rings. The minimum absolute atomic E-state index is 0.0841. The Balaban J connectivity index is 1.64. The summed E-state index contributed by atoms with van der Waals surface area (Å²) < 4.78 is 8.69. The molecule has 28 heavy (non-hydrogen) atoms. The monoisotopic (exact) mass is 439 g/mol. The fourth-order valence-electron chi connectivity index (χ4n) is 3.00. The van der Waals surface area contributed by atoms with E-state index in [9.17, 15) is 4.79 Å². The third-order valence-corrected chi connectivity index (χ3v) is 4.88. The molecule has 0 aliphatic carbocycles. The predicted octanol–water partition coefficient (Wildman–Crippen LogP) is 4.69. The van der Waals surface area contributed by atoms with Gasteiger partial charge in [-0.05, 0) is 56.7 Å². The summed E-state index contributed by atoms with van der Waals surface area (Å²) in [5.41, 5.74) is 7.65. The number of aromatic nitrogens is 1. The molecule has 1 amide bonds. The van der Waals surface area contributed by atoms with E-state index in [0.29, 0.717) is 5.75 Å². The summed E-state index contributed by atoms with van der Waals surface area (Å²) >= 11 is 3.51. The highest BCUT2D eigenvalue weighted by Gasteiger charge is 2.10. The fourth-order valence-corrected chi connectivity index (χ4v) is 3.39. The van der Waals surface area contributed by atoms with Gasteiger partial charge in [-0.15, -0.1) is 0 Å². The number of hydrogen-bond donors (Lipinski definition) is 1. The fraction of sp³-hybridized carbons (Fsp3) is 0.182. The lowest BCUT2D eigenvalue weighted by Gasteiger charge is -2.10. The van der Waals surface area contributed by atoms with Crippen molar-refractivity contribution < 1.29 is 9.53 Å². The van der Waals surface area contributed by atoms with Gasteiger partial charge in [-0.3, -0.25) is 4.79 Å². The van der Waals surface area contributed by atoms with Gasteiger partial charge in [0.25, 0.3) is 5.91 Å². The zero-order valence-corrected chi connectivity index (χ0v) is 17.7. The summed E-state index contributed by atoms with van der Waals surface area (Å²) in [5, 5.41) is 4.08. The van der Waals surface area contributed by atoms with Crippen molar-refractivity contribution in [3.8, 4) is 11.4 Å². The molecule has 3 aromatic rings. The van der Waals surface area contributed by atoms with E-state index in [0.717, 1.165) is 32.7 Å². The maximum atomic E-state index is 12.0. The molecule has 0 unspecified atom stereocenters. The van der Waals surface area contributed by atoms with Crippen LogP contribution >= 0.6 is 15.9 Å². The van der Waals surface area contributed by atoms with Crippen molar-refractivity contribution in [2.24, 2.45) is 5.10 Å². The number of carbonyl (C=O) groups is 1. The van der Waals surface area contributed by atoms with Crippen LogP contribution in [0, 0.1) is 20.8 Å². The van der Waals surface area contributed by atoms with Crippen LogP contribution in [0.1, 0.15) is 22.5 Å². The van der Waals surface area contributed by atoms with Gasteiger partial charge in [0.2, 0.25) is 0 Å². The maximum absolute atomic E-state index is 12.0. The molecule has 0 spiro atoms. The third-order valence-electron chi connectivity index (χ3n) is 4.38. The highest BCUT2D eigenvalue weighted by Crippen LogP contribution is 2.22. The van der Waals surface area contributed by atoms with Gasteiger partial charge in [0, 0.05) is 27.1 Å². The van der Waals surface area contributed by atoms with Crippen molar-refractivity contribution in [1.82, 2.24) is 9.99 Å². The molecular formula is C22H22BrN3O2. The molecule has 0 radical (unpaired) electrons. The Kier molecular flexibility index (Phi) is 6.31. The molecule has 0 saturated heterocycles. The summed E-state index contributed by atoms with van der Waals surface area (Å²) in [4.78, 5) is 12.0. The molecule has 1 N–H and O–H groups in total. The molecular weight excluding hydrogens is 418 g/mol. The van der Waals surface area contributed by atoms with Gasteiger partial charge < -0.3 is 9.30 Å². The second-order valence-corrected chi connectivity index (χ2v) is 7.40. The zero-order chi connectivity index (χ0) is 20.1. The van der Waals surface area contributed by atoms with Crippen LogP contribution in [0.25, 0.3) is 5.69 Å². The van der Waals surface area contributed by atoms with Gasteiger partial charge in [0.05, 0.1) is 6.21 Å². The van der Waals surface area contributed by atoms with E-state index in [4.69, 9.17) is 4.74 Å². The molecule has 3 rings (SSSR count). The molecule has 2 aromatic carbocycles. The van der Waals surface area contributed by atoms with Crippen LogP contribution in [-0.2, 0) is 4.79 Å². The number of aryl methyl sites for hydroxylation is 2. The van der Waals surface area contributed by atoms with Crippen molar-refractivity contribution in [2.75, 3.05) is 6.61 Å². The number of para-hydroxylation sites is 1. The molecule has 0 saturated carbocycles. The van der Waals surface area contributed by atoms with Crippen molar-refractivity contribution in [3.63, 3.8) is 0 Å². The minimum Gasteiger partial charge on any atom is -0.483 e. The molecule has 1 aromatic heterocycles. The number of nitrogens with zero attached hydrogens (tertiary/aromatic N) is 2. The second-order valence-electron chi connectivity index (χ2n) is 6.49. The molecule has 0 bridgehead atoms. The highest BCUT2D eigenvalue weighted by atomic mass is 79.9. The SMILES string of the molecule is Cc1ccccc1OCC(=O)N/N=C/c1cc(C)n(-c2cccc(Br)c2)c1C. The number of hydrazone groups is 1. The normalized spacial score (nSPS) is 11.0. The molecule has 6 heteroatoms. The Bertz CT molecular complexity index is 1020. The predicted molar refractivity (Wildman–Crippen MR) is 115 cm³/mol. The smallest absolute Gasteiger partial charge is 0.277 e. The number of hydrogen-bond acceptors (Lipinski definition) is 3. The standard InChI is InChI=1S/C22H22BrN3O2/c1-15-7-4-5-10-21(15)28-14-22(27)25-24-13-18-11-16(2)26(17(18)3)20-9-6-8-19(23)12-20/h4-13H,14H2,1-3H3,(H,25,27)/b24-13+.